The fraction of sp³-hybridized carbons (Fsp3) is 0. The zero-order valence-electron chi connectivity index (χ0n) is 76.4. The SMILES string of the molecule is c1ccc(-c2cccc(-c3c4ccccc4c(-c4cc5c6c(c4)Oc4ccccc4B6c4ccccc4O5)c4ccccc34)c2)cc1.c1ccc(-c2cccc(-c3c4ccccc4c(-c4ccc5c(c4)B4c6ccccc6Oc6cccc(c64)O5)c4ccccc34)c2)cc1.c1ccc(-c2cccc(-c3c4ccccc4c(-c4cccc5c4Oc4cccc6c4B5c4ccccc4O6)c4ccccc34)c2)cc1. The number of rotatable bonds is 9. The highest BCUT2D eigenvalue weighted by Gasteiger charge is 2.45. The molecule has 0 spiro atoms. The quantitative estimate of drug-likeness (QED) is 0.106. The van der Waals surface area contributed by atoms with Gasteiger partial charge in [0.2, 0.25) is 0 Å². The van der Waals surface area contributed by atoms with E-state index in [9.17, 15) is 0 Å². The molecule has 6 heterocycles. The van der Waals surface area contributed by atoms with Crippen molar-refractivity contribution in [2.24, 2.45) is 0 Å². The minimum Gasteiger partial charge on any atom is -0.458 e. The first-order valence-corrected chi connectivity index (χ1v) is 48.4. The predicted octanol–water partition coefficient (Wildman–Crippen LogP) is 29.2. The predicted molar refractivity (Wildman–Crippen MR) is 586 cm³/mol. The molecule has 654 valence electrons. The van der Waals surface area contributed by atoms with Gasteiger partial charge in [0.25, 0.3) is 20.1 Å². The standard InChI is InChI=1S/3C44H27BO2/c1-2-13-28(14-3-1)29-15-12-16-30(25-29)42-32-17-4-6-19-34(32)43(35-20-7-5-18-33(35)42)31-26-40-44-41(27-31)47-39-24-11-9-22-37(39)45(44)36-21-8-10-23-38(36)46-40;1-2-13-28(14-3-1)29-15-10-16-30(27-29)41-31-17-4-6-19-33(31)42(34-20-7-5-18-32(34)41)35-21-11-23-37-44(35)47-40-26-12-25-39-43(40)45(37)36-22-8-9-24-38(36)46-39;1-2-12-28(13-3-1)29-14-10-15-30(26-29)42-32-16-4-6-18-34(32)43(35-19-7-5-17-33(35)42)31-24-25-39-37(27-31)45-36-20-8-9-21-38(36)46-40-22-11-23-41(47-39)44(40)45/h3*1-27H. The van der Waals surface area contributed by atoms with Crippen LogP contribution in [0.4, 0.5) is 0 Å². The Morgan fingerprint density at radius 3 is 0.702 bits per heavy atom. The Labute approximate surface area is 817 Å². The maximum Gasteiger partial charge on any atom is 0.260 e. The lowest BCUT2D eigenvalue weighted by atomic mass is 9.34. The molecule has 0 bridgehead atoms. The summed E-state index contributed by atoms with van der Waals surface area (Å²) in [6.07, 6.45) is 0. The minimum atomic E-state index is 0.0207. The van der Waals surface area contributed by atoms with Crippen LogP contribution in [-0.4, -0.2) is 20.1 Å². The van der Waals surface area contributed by atoms with Crippen LogP contribution in [0.25, 0.3) is 165 Å². The first kappa shape index (κ1) is 81.2. The van der Waals surface area contributed by atoms with Gasteiger partial charge in [0.1, 0.15) is 69.0 Å². The second kappa shape index (κ2) is 33.4. The Kier molecular flexibility index (Phi) is 19.2. The van der Waals surface area contributed by atoms with Crippen LogP contribution in [0.2, 0.25) is 0 Å². The highest BCUT2D eigenvalue weighted by Crippen LogP contribution is 2.53. The summed E-state index contributed by atoms with van der Waals surface area (Å²) >= 11 is 0. The van der Waals surface area contributed by atoms with Gasteiger partial charge in [-0.1, -0.05) is 406 Å². The fourth-order valence-electron chi connectivity index (χ4n) is 23.4. The Hall–Kier alpha value is -18.2. The maximum absolute atomic E-state index is 6.92. The van der Waals surface area contributed by atoms with Crippen molar-refractivity contribution >= 4 is 134 Å². The normalized spacial score (nSPS) is 12.6. The monoisotopic (exact) mass is 1790 g/mol. The number of hydrogen-bond donors (Lipinski definition) is 0. The van der Waals surface area contributed by atoms with Crippen molar-refractivity contribution in [3.63, 3.8) is 0 Å². The van der Waals surface area contributed by atoms with E-state index >= 15 is 0 Å². The van der Waals surface area contributed by atoms with Gasteiger partial charge >= 0.3 is 0 Å². The second-order valence-corrected chi connectivity index (χ2v) is 37.1. The van der Waals surface area contributed by atoms with Gasteiger partial charge in [-0.25, -0.2) is 0 Å². The van der Waals surface area contributed by atoms with Crippen LogP contribution in [0.15, 0.2) is 491 Å². The first-order chi connectivity index (χ1) is 70.0. The molecule has 0 saturated carbocycles. The molecule has 0 aliphatic carbocycles. The van der Waals surface area contributed by atoms with E-state index in [-0.39, 0.29) is 20.1 Å². The number of fused-ring (bicyclic) bond motifs is 18. The summed E-state index contributed by atoms with van der Waals surface area (Å²) in [6.45, 7) is 0.0939. The molecule has 0 amide bonds. The van der Waals surface area contributed by atoms with E-state index in [1.807, 2.05) is 54.6 Å². The zero-order chi connectivity index (χ0) is 92.7. The molecule has 24 aromatic rings. The molecule has 0 unspecified atom stereocenters. The Balaban J connectivity index is 0.000000104. The molecule has 6 aliphatic rings. The molecule has 0 fully saturated rings. The van der Waals surface area contributed by atoms with Crippen molar-refractivity contribution in [2.45, 2.75) is 0 Å². The summed E-state index contributed by atoms with van der Waals surface area (Å²) in [5.41, 5.74) is 31.9. The molecular weight excluding hydrogens is 1710 g/mol. The van der Waals surface area contributed by atoms with Gasteiger partial charge in [0.05, 0.1) is 0 Å². The Morgan fingerprint density at radius 1 is 0.121 bits per heavy atom. The average molecular weight is 1800 g/mol. The summed E-state index contributed by atoms with van der Waals surface area (Å²) < 4.78 is 39.6. The first-order valence-electron chi connectivity index (χ1n) is 48.4. The molecular formula is C132H81B3O6. The van der Waals surface area contributed by atoms with Crippen LogP contribution in [-0.2, 0) is 0 Å². The van der Waals surface area contributed by atoms with Crippen LogP contribution >= 0.6 is 0 Å². The number of ether oxygens (including phenoxy) is 6. The van der Waals surface area contributed by atoms with Crippen molar-refractivity contribution < 1.29 is 28.4 Å². The molecule has 0 aromatic heterocycles. The van der Waals surface area contributed by atoms with Crippen molar-refractivity contribution in [1.82, 2.24) is 0 Å². The third-order valence-corrected chi connectivity index (χ3v) is 29.3. The molecule has 24 aromatic carbocycles. The fourth-order valence-corrected chi connectivity index (χ4v) is 23.4. The van der Waals surface area contributed by atoms with Gasteiger partial charge in [0, 0.05) is 27.5 Å². The van der Waals surface area contributed by atoms with Gasteiger partial charge < -0.3 is 28.4 Å². The highest BCUT2D eigenvalue weighted by molar-refractivity contribution is 6.99. The van der Waals surface area contributed by atoms with Gasteiger partial charge in [-0.15, -0.1) is 0 Å². The summed E-state index contributed by atoms with van der Waals surface area (Å²) in [5.74, 6) is 10.5. The Bertz CT molecular complexity index is 8970. The average Bonchev–Trinajstić information content (AvgIpc) is 0.716. The molecule has 0 atom stereocenters. The van der Waals surface area contributed by atoms with E-state index in [1.165, 1.54) is 165 Å². The second-order valence-electron chi connectivity index (χ2n) is 37.1. The topological polar surface area (TPSA) is 55.4 Å². The lowest BCUT2D eigenvalue weighted by molar-refractivity contribution is 0.464. The lowest BCUT2D eigenvalue weighted by Gasteiger charge is -2.33. The van der Waals surface area contributed by atoms with Crippen molar-refractivity contribution in [1.29, 1.82) is 0 Å². The van der Waals surface area contributed by atoms with Crippen LogP contribution in [0.5, 0.6) is 69.0 Å². The van der Waals surface area contributed by atoms with E-state index in [1.54, 1.807) is 0 Å². The van der Waals surface area contributed by atoms with Crippen LogP contribution in [0, 0.1) is 0 Å². The van der Waals surface area contributed by atoms with Gasteiger partial charge in [-0.05, 0) is 271 Å². The molecule has 6 aliphatic heterocycles. The molecule has 0 saturated heterocycles. The smallest absolute Gasteiger partial charge is 0.260 e. The largest absolute Gasteiger partial charge is 0.458 e. The number of benzene rings is 24. The van der Waals surface area contributed by atoms with Crippen LogP contribution in [0.1, 0.15) is 0 Å². The van der Waals surface area contributed by atoms with E-state index < -0.39 is 0 Å². The zero-order valence-corrected chi connectivity index (χ0v) is 76.4. The van der Waals surface area contributed by atoms with Crippen LogP contribution in [0.3, 0.4) is 0 Å². The lowest BCUT2D eigenvalue weighted by Crippen LogP contribution is -2.57. The third-order valence-electron chi connectivity index (χ3n) is 29.3. The minimum absolute atomic E-state index is 0.0207. The molecule has 0 N–H and O–H groups in total. The molecule has 9 heteroatoms. The van der Waals surface area contributed by atoms with Crippen molar-refractivity contribution in [3.05, 3.63) is 491 Å². The van der Waals surface area contributed by atoms with E-state index in [0.717, 1.165) is 118 Å². The van der Waals surface area contributed by atoms with Gasteiger partial charge in [-0.3, -0.25) is 0 Å². The summed E-state index contributed by atoms with van der Waals surface area (Å²) in [5, 5.41) is 14.6. The molecule has 141 heavy (non-hydrogen) atoms. The summed E-state index contributed by atoms with van der Waals surface area (Å²) in [6, 6.07) is 175. The molecule has 0 radical (unpaired) electrons. The van der Waals surface area contributed by atoms with Gasteiger partial charge in [-0.2, -0.15) is 0 Å². The van der Waals surface area contributed by atoms with Gasteiger partial charge in [0.15, 0.2) is 0 Å². The Morgan fingerprint density at radius 2 is 0.348 bits per heavy atom. The van der Waals surface area contributed by atoms with E-state index in [0.29, 0.717) is 0 Å². The number of hydrogen-bond acceptors (Lipinski definition) is 6. The number of para-hydroxylation sites is 5. The summed E-state index contributed by atoms with van der Waals surface area (Å²) in [7, 11) is 0. The van der Waals surface area contributed by atoms with Crippen molar-refractivity contribution in [3.8, 4) is 169 Å². The van der Waals surface area contributed by atoms with E-state index in [4.69, 9.17) is 28.4 Å². The van der Waals surface area contributed by atoms with Crippen molar-refractivity contribution in [2.75, 3.05) is 0 Å². The van der Waals surface area contributed by atoms with Crippen LogP contribution < -0.4 is 77.6 Å². The third kappa shape index (κ3) is 13.4. The summed E-state index contributed by atoms with van der Waals surface area (Å²) in [4.78, 5) is 0. The molecule has 6 nitrogen and oxygen atoms in total. The maximum atomic E-state index is 6.92. The molecule has 30 rings (SSSR count). The van der Waals surface area contributed by atoms with E-state index in [2.05, 4.69) is 437 Å². The highest BCUT2D eigenvalue weighted by atomic mass is 16.5.